The van der Waals surface area contributed by atoms with Crippen LogP contribution in [0.25, 0.3) is 0 Å². The first-order chi connectivity index (χ1) is 23.8. The van der Waals surface area contributed by atoms with Crippen molar-refractivity contribution >= 4 is 22.8 Å². The van der Waals surface area contributed by atoms with Gasteiger partial charge in [-0.1, -0.05) is 118 Å². The lowest BCUT2D eigenvalue weighted by Crippen LogP contribution is -2.37. The van der Waals surface area contributed by atoms with Gasteiger partial charge in [0, 0.05) is 0 Å². The number of phenolic OH excluding ortho intramolecular Hbond substituents is 2. The maximum atomic E-state index is 11.8. The highest BCUT2D eigenvalue weighted by atomic mass is 16.3. The molecule has 0 amide bonds. The van der Waals surface area contributed by atoms with E-state index in [0.29, 0.717) is 24.2 Å². The monoisotopic (exact) mass is 690 g/mol. The number of nitrogens with one attached hydrogen (secondary N) is 2. The van der Waals surface area contributed by atoms with E-state index >= 15 is 0 Å². The molecule has 0 aromatic heterocycles. The summed E-state index contributed by atoms with van der Waals surface area (Å²) in [6, 6.07) is 8.50. The Bertz CT molecular complexity index is 1710. The summed E-state index contributed by atoms with van der Waals surface area (Å²) in [6.07, 6.45) is 20.1. The van der Waals surface area contributed by atoms with E-state index in [1.54, 1.807) is 10.2 Å². The third-order valence-electron chi connectivity index (χ3n) is 10.1. The second-order valence-corrected chi connectivity index (χ2v) is 18.5. The lowest BCUT2D eigenvalue weighted by Gasteiger charge is -2.34. The second-order valence-electron chi connectivity index (χ2n) is 18.5. The predicted octanol–water partition coefficient (Wildman–Crippen LogP) is 9.05. The van der Waals surface area contributed by atoms with Crippen molar-refractivity contribution in [2.45, 2.75) is 124 Å². The van der Waals surface area contributed by atoms with Crippen molar-refractivity contribution in [1.29, 1.82) is 0 Å². The van der Waals surface area contributed by atoms with Crippen molar-refractivity contribution in [3.63, 3.8) is 0 Å². The Morgan fingerprint density at radius 1 is 0.588 bits per heavy atom. The zero-order valence-corrected chi connectivity index (χ0v) is 32.3. The molecule has 2 atom stereocenters. The van der Waals surface area contributed by atoms with Crippen LogP contribution in [0.15, 0.2) is 83.1 Å². The summed E-state index contributed by atoms with van der Waals surface area (Å²) >= 11 is 0. The molecule has 0 saturated carbocycles. The fraction of sp³-hybridized carbons (Fsp3) is 0.488. The average Bonchev–Trinajstić information content (AvgIpc) is 3.64. The van der Waals surface area contributed by atoms with E-state index < -0.39 is 0 Å². The molecule has 2 aliphatic carbocycles. The van der Waals surface area contributed by atoms with E-state index in [4.69, 9.17) is 10.2 Å². The van der Waals surface area contributed by atoms with Gasteiger partial charge in [0.1, 0.15) is 22.9 Å². The van der Waals surface area contributed by atoms with Gasteiger partial charge in [0.2, 0.25) is 0 Å². The molecule has 2 unspecified atom stereocenters. The number of hydrogen-bond acceptors (Lipinski definition) is 8. The second kappa shape index (κ2) is 13.4. The number of hydrazone groups is 2. The first-order valence-electron chi connectivity index (χ1n) is 18.5. The molecule has 0 fully saturated rings. The molecule has 8 heteroatoms. The average molecular weight is 691 g/mol. The van der Waals surface area contributed by atoms with Crippen LogP contribution in [0.4, 0.5) is 11.4 Å². The van der Waals surface area contributed by atoms with Crippen LogP contribution in [0.1, 0.15) is 111 Å². The third-order valence-corrected chi connectivity index (χ3v) is 10.1. The van der Waals surface area contributed by atoms with Crippen LogP contribution in [0.5, 0.6) is 11.5 Å². The molecule has 2 aromatic carbocycles. The lowest BCUT2D eigenvalue weighted by atomic mass is 9.71. The van der Waals surface area contributed by atoms with E-state index in [1.807, 2.05) is 36.5 Å². The van der Waals surface area contributed by atoms with Gasteiger partial charge in [-0.2, -0.15) is 31.3 Å². The first kappa shape index (κ1) is 36.6. The quantitative estimate of drug-likeness (QED) is 0.199. The Hall–Kier alpha value is -4.14. The number of hydrazine groups is 2. The maximum Gasteiger partial charge on any atom is 0.145 e. The highest BCUT2D eigenvalue weighted by Crippen LogP contribution is 2.44. The SMILES string of the molecule is CC(C)(C)CC(C)(C)c1cc(CCCc2cc(C(C)(C)CC(C)(C)C)cc(N3N=C4C=CC=CC4N3)c2O)c(O)c(N2N=C3C=CC=CC3N2)c1. The van der Waals surface area contributed by atoms with Gasteiger partial charge < -0.3 is 10.2 Å². The van der Waals surface area contributed by atoms with Crippen molar-refractivity contribution in [3.05, 3.63) is 95.1 Å². The number of rotatable bonds is 10. The zero-order valence-electron chi connectivity index (χ0n) is 32.3. The highest BCUT2D eigenvalue weighted by molar-refractivity contribution is 6.04. The number of benzene rings is 2. The minimum absolute atomic E-state index is 0.0257. The van der Waals surface area contributed by atoms with Crippen molar-refractivity contribution < 1.29 is 10.2 Å². The van der Waals surface area contributed by atoms with Crippen LogP contribution in [0.3, 0.4) is 0 Å². The van der Waals surface area contributed by atoms with Crippen molar-refractivity contribution in [3.8, 4) is 11.5 Å². The van der Waals surface area contributed by atoms with Crippen molar-refractivity contribution in [2.24, 2.45) is 21.0 Å². The number of anilines is 2. The summed E-state index contributed by atoms with van der Waals surface area (Å²) in [4.78, 5) is 0. The minimum Gasteiger partial charge on any atom is -0.505 e. The number of aromatic hydroxyl groups is 2. The van der Waals surface area contributed by atoms with Gasteiger partial charge in [-0.25, -0.2) is 0 Å². The smallest absolute Gasteiger partial charge is 0.145 e. The van der Waals surface area contributed by atoms with Crippen LogP contribution >= 0.6 is 0 Å². The van der Waals surface area contributed by atoms with Gasteiger partial charge >= 0.3 is 0 Å². The first-order valence-corrected chi connectivity index (χ1v) is 18.5. The molecular weight excluding hydrogens is 633 g/mol. The molecule has 2 aliphatic heterocycles. The third kappa shape index (κ3) is 8.18. The summed E-state index contributed by atoms with van der Waals surface area (Å²) < 4.78 is 0. The molecule has 51 heavy (non-hydrogen) atoms. The molecule has 2 aromatic rings. The molecule has 0 radical (unpaired) electrons. The summed E-state index contributed by atoms with van der Waals surface area (Å²) in [6.45, 7) is 22.8. The van der Waals surface area contributed by atoms with Crippen LogP contribution in [-0.4, -0.2) is 33.7 Å². The van der Waals surface area contributed by atoms with Gasteiger partial charge in [-0.3, -0.25) is 0 Å². The molecule has 2 heterocycles. The molecule has 4 N–H and O–H groups in total. The Balaban J connectivity index is 1.33. The number of nitrogens with zero attached hydrogens (tertiary/aromatic N) is 4. The fourth-order valence-corrected chi connectivity index (χ4v) is 8.44. The van der Waals surface area contributed by atoms with Crippen LogP contribution in [-0.2, 0) is 23.7 Å². The Labute approximate surface area is 305 Å². The van der Waals surface area contributed by atoms with E-state index in [9.17, 15) is 10.2 Å². The lowest BCUT2D eigenvalue weighted by molar-refractivity contribution is 0.283. The van der Waals surface area contributed by atoms with Crippen LogP contribution < -0.4 is 21.1 Å². The van der Waals surface area contributed by atoms with E-state index in [-0.39, 0.29) is 45.2 Å². The topological polar surface area (TPSA) is 95.7 Å². The van der Waals surface area contributed by atoms with Crippen LogP contribution in [0.2, 0.25) is 0 Å². The van der Waals surface area contributed by atoms with Gasteiger partial charge in [0.05, 0.1) is 23.5 Å². The number of fused-ring (bicyclic) bond motifs is 2. The van der Waals surface area contributed by atoms with Gasteiger partial charge in [-0.15, -0.1) is 0 Å². The molecule has 8 nitrogen and oxygen atoms in total. The molecule has 4 aliphatic rings. The molecule has 6 rings (SSSR count). The van der Waals surface area contributed by atoms with E-state index in [0.717, 1.165) is 41.8 Å². The largest absolute Gasteiger partial charge is 0.505 e. The molecular formula is C43H58N6O2. The van der Waals surface area contributed by atoms with E-state index in [1.165, 1.54) is 11.1 Å². The summed E-state index contributed by atoms with van der Waals surface area (Å²) in [5.41, 5.74) is 14.1. The Morgan fingerprint density at radius 3 is 1.33 bits per heavy atom. The fourth-order valence-electron chi connectivity index (χ4n) is 8.44. The van der Waals surface area contributed by atoms with Crippen molar-refractivity contribution in [1.82, 2.24) is 10.9 Å². The summed E-state index contributed by atoms with van der Waals surface area (Å²) in [5.74, 6) is 0.471. The standard InChI is InChI=1S/C43H58N6O2/c1-40(2,3)26-42(7,8)30-22-28(38(50)36(24-30)48-44-32-18-11-12-19-33(32)45-48)16-15-17-29-23-31(43(9,10)27-41(4,5)6)25-37(39(29)51)49-46-34-20-13-14-21-35(34)47-49/h11-14,18-25,32,34,44,46,50-51H,15-17,26-27H2,1-10H3. The van der Waals surface area contributed by atoms with Crippen LogP contribution in [0, 0.1) is 10.8 Å². The maximum absolute atomic E-state index is 11.8. The molecule has 0 spiro atoms. The van der Waals surface area contributed by atoms with Gasteiger partial charge in [-0.05, 0) is 100 Å². The number of allylic oxidation sites excluding steroid dienone is 4. The zero-order chi connectivity index (χ0) is 36.9. The number of phenols is 2. The normalized spacial score (nSPS) is 20.2. The van der Waals surface area contributed by atoms with Gasteiger partial charge in [0.15, 0.2) is 0 Å². The number of aryl methyl sites for hydroxylation is 2. The molecule has 0 bridgehead atoms. The molecule has 272 valence electrons. The summed E-state index contributed by atoms with van der Waals surface area (Å²) in [5, 5.41) is 36.8. The highest BCUT2D eigenvalue weighted by Gasteiger charge is 2.34. The predicted molar refractivity (Wildman–Crippen MR) is 213 cm³/mol. The Morgan fingerprint density at radius 2 is 0.980 bits per heavy atom. The Kier molecular flexibility index (Phi) is 9.66. The molecule has 0 saturated heterocycles. The number of hydrogen-bond donors (Lipinski definition) is 4. The minimum atomic E-state index is -0.138. The van der Waals surface area contributed by atoms with Gasteiger partial charge in [0.25, 0.3) is 0 Å². The van der Waals surface area contributed by atoms with E-state index in [2.05, 4.69) is 117 Å². The van der Waals surface area contributed by atoms with Crippen molar-refractivity contribution in [2.75, 3.05) is 10.2 Å². The summed E-state index contributed by atoms with van der Waals surface area (Å²) in [7, 11) is 0.